The molecule has 0 atom stereocenters. The number of ether oxygens (including phenoxy) is 1. The van der Waals surface area contributed by atoms with E-state index >= 15 is 0 Å². The van der Waals surface area contributed by atoms with Crippen LogP contribution in [0.5, 0.6) is 5.75 Å². The van der Waals surface area contributed by atoms with Crippen LogP contribution in [-0.2, 0) is 13.1 Å². The Balaban J connectivity index is 1.36. The van der Waals surface area contributed by atoms with Crippen LogP contribution in [0, 0.1) is 0 Å². The van der Waals surface area contributed by atoms with E-state index in [1.54, 1.807) is 30.0 Å². The maximum Gasteiger partial charge on any atom is 0.251 e. The van der Waals surface area contributed by atoms with Crippen LogP contribution in [0.4, 0.5) is 0 Å². The zero-order valence-electron chi connectivity index (χ0n) is 16.6. The lowest BCUT2D eigenvalue weighted by Crippen LogP contribution is -2.47. The van der Waals surface area contributed by atoms with Gasteiger partial charge in [0, 0.05) is 63.0 Å². The summed E-state index contributed by atoms with van der Waals surface area (Å²) in [6.45, 7) is 6.45. The molecule has 1 aliphatic rings. The summed E-state index contributed by atoms with van der Waals surface area (Å²) in [6, 6.07) is 13.3. The van der Waals surface area contributed by atoms with Crippen molar-refractivity contribution < 1.29 is 4.74 Å². The quantitative estimate of drug-likeness (QED) is 0.623. The molecule has 1 saturated heterocycles. The Kier molecular flexibility index (Phi) is 6.13. The van der Waals surface area contributed by atoms with Gasteiger partial charge in [-0.1, -0.05) is 23.7 Å². The average molecular weight is 413 g/mol. The van der Waals surface area contributed by atoms with Gasteiger partial charge in [-0.25, -0.2) is 0 Å². The van der Waals surface area contributed by atoms with Crippen molar-refractivity contribution in [3.63, 3.8) is 0 Å². The standard InChI is InChI=1S/C22H25ClN4O2/c1-29-19-14-21-20(24-15-19)6-7-22(28)27(21)13-12-25-8-10-26(11-9-25)16-17-2-4-18(23)5-3-17/h2-7,14-15H,8-13,16H2,1H3. The third-order valence-corrected chi connectivity index (χ3v) is 5.72. The minimum Gasteiger partial charge on any atom is -0.495 e. The number of methoxy groups -OCH3 is 1. The molecule has 29 heavy (non-hydrogen) atoms. The van der Waals surface area contributed by atoms with E-state index in [0.717, 1.165) is 55.3 Å². The Bertz CT molecular complexity index is 1030. The normalized spacial score (nSPS) is 15.7. The first kappa shape index (κ1) is 19.9. The van der Waals surface area contributed by atoms with Crippen molar-refractivity contribution in [2.75, 3.05) is 39.8 Å². The summed E-state index contributed by atoms with van der Waals surface area (Å²) in [6.07, 6.45) is 1.68. The van der Waals surface area contributed by atoms with Crippen LogP contribution in [0.1, 0.15) is 5.56 Å². The summed E-state index contributed by atoms with van der Waals surface area (Å²) in [5, 5.41) is 0.773. The van der Waals surface area contributed by atoms with Crippen molar-refractivity contribution in [1.29, 1.82) is 0 Å². The van der Waals surface area contributed by atoms with Gasteiger partial charge in [0.05, 0.1) is 24.3 Å². The molecule has 0 N–H and O–H groups in total. The van der Waals surface area contributed by atoms with Gasteiger partial charge in [0.2, 0.25) is 0 Å². The largest absolute Gasteiger partial charge is 0.495 e. The Morgan fingerprint density at radius 3 is 2.45 bits per heavy atom. The maximum absolute atomic E-state index is 12.4. The molecule has 0 saturated carbocycles. The second-order valence-electron chi connectivity index (χ2n) is 7.35. The van der Waals surface area contributed by atoms with Crippen molar-refractivity contribution in [1.82, 2.24) is 19.4 Å². The topological polar surface area (TPSA) is 50.6 Å². The second kappa shape index (κ2) is 8.95. The molecule has 4 rings (SSSR count). The SMILES string of the molecule is COc1cnc2ccc(=O)n(CCN3CCN(Cc4ccc(Cl)cc4)CC3)c2c1. The summed E-state index contributed by atoms with van der Waals surface area (Å²) in [5.74, 6) is 0.660. The molecule has 0 amide bonds. The van der Waals surface area contributed by atoms with Gasteiger partial charge in [0.1, 0.15) is 5.75 Å². The lowest BCUT2D eigenvalue weighted by atomic mass is 10.2. The number of benzene rings is 1. The summed E-state index contributed by atoms with van der Waals surface area (Å²) in [5.41, 5.74) is 2.90. The van der Waals surface area contributed by atoms with Crippen LogP contribution in [0.25, 0.3) is 11.0 Å². The van der Waals surface area contributed by atoms with Gasteiger partial charge in [-0.05, 0) is 23.8 Å². The molecule has 1 aromatic carbocycles. The first-order valence-corrected chi connectivity index (χ1v) is 10.2. The van der Waals surface area contributed by atoms with Crippen molar-refractivity contribution in [3.8, 4) is 5.75 Å². The fourth-order valence-corrected chi connectivity index (χ4v) is 3.88. The molecular weight excluding hydrogens is 388 g/mol. The van der Waals surface area contributed by atoms with Crippen molar-refractivity contribution in [2.45, 2.75) is 13.1 Å². The van der Waals surface area contributed by atoms with Crippen LogP contribution in [0.2, 0.25) is 5.02 Å². The molecule has 3 aromatic rings. The number of hydrogen-bond donors (Lipinski definition) is 0. The molecule has 0 spiro atoms. The predicted molar refractivity (Wildman–Crippen MR) is 116 cm³/mol. The number of rotatable bonds is 6. The van der Waals surface area contributed by atoms with Gasteiger partial charge in [-0.15, -0.1) is 0 Å². The number of nitrogens with zero attached hydrogens (tertiary/aromatic N) is 4. The van der Waals surface area contributed by atoms with E-state index in [0.29, 0.717) is 12.3 Å². The van der Waals surface area contributed by atoms with Gasteiger partial charge < -0.3 is 9.30 Å². The smallest absolute Gasteiger partial charge is 0.251 e. The van der Waals surface area contributed by atoms with Crippen LogP contribution in [0.3, 0.4) is 0 Å². The predicted octanol–water partition coefficient (Wildman–Crippen LogP) is 2.88. The van der Waals surface area contributed by atoms with Gasteiger partial charge in [0.25, 0.3) is 5.56 Å². The van der Waals surface area contributed by atoms with Crippen LogP contribution in [-0.4, -0.2) is 59.2 Å². The first-order valence-electron chi connectivity index (χ1n) is 9.85. The second-order valence-corrected chi connectivity index (χ2v) is 7.78. The summed E-state index contributed by atoms with van der Waals surface area (Å²) >= 11 is 5.97. The number of aromatic nitrogens is 2. The van der Waals surface area contributed by atoms with E-state index in [1.165, 1.54) is 5.56 Å². The number of fused-ring (bicyclic) bond motifs is 1. The van der Waals surface area contributed by atoms with Gasteiger partial charge in [-0.2, -0.15) is 0 Å². The maximum atomic E-state index is 12.4. The molecule has 6 nitrogen and oxygen atoms in total. The molecule has 1 aliphatic heterocycles. The zero-order chi connectivity index (χ0) is 20.2. The monoisotopic (exact) mass is 412 g/mol. The Morgan fingerprint density at radius 1 is 1.00 bits per heavy atom. The lowest BCUT2D eigenvalue weighted by Gasteiger charge is -2.34. The van der Waals surface area contributed by atoms with Gasteiger partial charge >= 0.3 is 0 Å². The number of pyridine rings is 2. The van der Waals surface area contributed by atoms with E-state index < -0.39 is 0 Å². The number of hydrogen-bond acceptors (Lipinski definition) is 5. The molecule has 0 aliphatic carbocycles. The zero-order valence-corrected chi connectivity index (χ0v) is 17.3. The highest BCUT2D eigenvalue weighted by atomic mass is 35.5. The number of halogens is 1. The Hall–Kier alpha value is -2.41. The molecule has 7 heteroatoms. The van der Waals surface area contributed by atoms with E-state index in [-0.39, 0.29) is 5.56 Å². The molecule has 0 radical (unpaired) electrons. The Labute approximate surface area is 175 Å². The highest BCUT2D eigenvalue weighted by molar-refractivity contribution is 6.30. The van der Waals surface area contributed by atoms with E-state index in [2.05, 4.69) is 26.9 Å². The van der Waals surface area contributed by atoms with Gasteiger partial charge in [-0.3, -0.25) is 19.6 Å². The molecule has 1 fully saturated rings. The fourth-order valence-electron chi connectivity index (χ4n) is 3.75. The summed E-state index contributed by atoms with van der Waals surface area (Å²) < 4.78 is 7.07. The Morgan fingerprint density at radius 2 is 1.72 bits per heavy atom. The summed E-state index contributed by atoms with van der Waals surface area (Å²) in [7, 11) is 1.61. The van der Waals surface area contributed by atoms with Crippen LogP contribution in [0.15, 0.2) is 53.5 Å². The van der Waals surface area contributed by atoms with Crippen LogP contribution < -0.4 is 10.3 Å². The van der Waals surface area contributed by atoms with E-state index in [1.807, 2.05) is 18.2 Å². The first-order chi connectivity index (χ1) is 14.1. The highest BCUT2D eigenvalue weighted by Crippen LogP contribution is 2.17. The molecule has 0 bridgehead atoms. The highest BCUT2D eigenvalue weighted by Gasteiger charge is 2.17. The van der Waals surface area contributed by atoms with Crippen LogP contribution >= 0.6 is 11.6 Å². The molecule has 0 unspecified atom stereocenters. The third kappa shape index (κ3) is 4.78. The minimum atomic E-state index is -0.00562. The van der Waals surface area contributed by atoms with Crippen molar-refractivity contribution in [2.24, 2.45) is 0 Å². The average Bonchev–Trinajstić information content (AvgIpc) is 2.75. The minimum absolute atomic E-state index is 0.00562. The lowest BCUT2D eigenvalue weighted by molar-refractivity contribution is 0.124. The number of piperazine rings is 1. The molecular formula is C22H25ClN4O2. The van der Waals surface area contributed by atoms with Crippen molar-refractivity contribution in [3.05, 3.63) is 69.6 Å². The molecule has 152 valence electrons. The van der Waals surface area contributed by atoms with Crippen molar-refractivity contribution >= 4 is 22.6 Å². The van der Waals surface area contributed by atoms with E-state index in [4.69, 9.17) is 16.3 Å². The van der Waals surface area contributed by atoms with E-state index in [9.17, 15) is 4.79 Å². The van der Waals surface area contributed by atoms with Gasteiger partial charge in [0.15, 0.2) is 0 Å². The fraction of sp³-hybridized carbons (Fsp3) is 0.364. The summed E-state index contributed by atoms with van der Waals surface area (Å²) in [4.78, 5) is 21.7. The molecule has 3 heterocycles. The molecule has 2 aromatic heterocycles. The third-order valence-electron chi connectivity index (χ3n) is 5.47.